The molecular weight excluding hydrogens is 453 g/mol. The molecule has 1 atom stereocenters. The van der Waals surface area contributed by atoms with Crippen LogP contribution >= 0.6 is 7.60 Å². The molecule has 0 rings (SSSR count). The van der Waals surface area contributed by atoms with Gasteiger partial charge in [-0.15, -0.1) is 0 Å². The molecule has 0 spiro atoms. The SMILES string of the molecule is CCOP(=O)(OCC)C(C)C(=O)OC.COC(=O)/C(C)=C(/CCN)CCC(=O)OC(C)(C)C. The third kappa shape index (κ3) is 14.2. The van der Waals surface area contributed by atoms with E-state index in [4.69, 9.17) is 19.5 Å². The minimum absolute atomic E-state index is 0.235. The number of ether oxygens (including phenoxy) is 3. The Labute approximate surface area is 198 Å². The highest BCUT2D eigenvalue weighted by Crippen LogP contribution is 2.53. The number of rotatable bonds is 12. The third-order valence-electron chi connectivity index (χ3n) is 4.15. The Morgan fingerprint density at radius 2 is 1.45 bits per heavy atom. The molecule has 194 valence electrons. The number of nitrogens with two attached hydrogens (primary N) is 1. The molecule has 0 aromatic carbocycles. The van der Waals surface area contributed by atoms with E-state index in [1.807, 2.05) is 20.8 Å². The van der Waals surface area contributed by atoms with Gasteiger partial charge in [0.25, 0.3) is 0 Å². The fourth-order valence-electron chi connectivity index (χ4n) is 2.54. The van der Waals surface area contributed by atoms with Crippen molar-refractivity contribution in [2.24, 2.45) is 5.73 Å². The average Bonchev–Trinajstić information content (AvgIpc) is 2.74. The van der Waals surface area contributed by atoms with Crippen LogP contribution in [0.5, 0.6) is 0 Å². The predicted octanol–water partition coefficient (Wildman–Crippen LogP) is 3.76. The normalized spacial score (nSPS) is 13.2. The molecule has 33 heavy (non-hydrogen) atoms. The minimum atomic E-state index is -3.36. The first kappa shape index (κ1) is 33.4. The van der Waals surface area contributed by atoms with Gasteiger partial charge in [-0.25, -0.2) is 4.79 Å². The van der Waals surface area contributed by atoms with Crippen molar-refractivity contribution >= 4 is 25.5 Å². The van der Waals surface area contributed by atoms with Crippen molar-refractivity contribution in [3.8, 4) is 0 Å². The van der Waals surface area contributed by atoms with Gasteiger partial charge in [-0.1, -0.05) is 5.57 Å². The average molecular weight is 496 g/mol. The second-order valence-corrected chi connectivity index (χ2v) is 10.3. The number of carbonyl (C=O) groups excluding carboxylic acids is 3. The molecule has 0 aliphatic carbocycles. The van der Waals surface area contributed by atoms with Gasteiger partial charge in [0, 0.05) is 12.0 Å². The molecule has 2 N–H and O–H groups in total. The highest BCUT2D eigenvalue weighted by molar-refractivity contribution is 7.55. The zero-order chi connectivity index (χ0) is 26.2. The molecule has 0 radical (unpaired) electrons. The molecular formula is C22H42NO9P. The molecule has 0 aliphatic heterocycles. The minimum Gasteiger partial charge on any atom is -0.468 e. The molecule has 0 fully saturated rings. The summed E-state index contributed by atoms with van der Waals surface area (Å²) in [5.41, 5.74) is 5.51. The molecule has 0 amide bonds. The molecule has 0 saturated heterocycles. The van der Waals surface area contributed by atoms with Crippen LogP contribution in [0, 0.1) is 0 Å². The molecule has 1 unspecified atom stereocenters. The Bertz CT molecular complexity index is 688. The molecule has 0 aliphatic rings. The lowest BCUT2D eigenvalue weighted by Gasteiger charge is -2.21. The van der Waals surface area contributed by atoms with Crippen molar-refractivity contribution in [3.05, 3.63) is 11.1 Å². The summed E-state index contributed by atoms with van der Waals surface area (Å²) in [5, 5.41) is 0. The quantitative estimate of drug-likeness (QED) is 0.184. The summed E-state index contributed by atoms with van der Waals surface area (Å²) in [6, 6.07) is 0. The van der Waals surface area contributed by atoms with E-state index in [-0.39, 0.29) is 31.6 Å². The molecule has 0 aromatic rings. The molecule has 0 bridgehead atoms. The fourth-order valence-corrected chi connectivity index (χ4v) is 4.14. The van der Waals surface area contributed by atoms with E-state index in [0.717, 1.165) is 5.57 Å². The van der Waals surface area contributed by atoms with Gasteiger partial charge >= 0.3 is 25.5 Å². The number of methoxy groups -OCH3 is 2. The third-order valence-corrected chi connectivity index (χ3v) is 6.55. The van der Waals surface area contributed by atoms with Crippen molar-refractivity contribution in [1.82, 2.24) is 0 Å². The highest BCUT2D eigenvalue weighted by Gasteiger charge is 2.38. The van der Waals surface area contributed by atoms with E-state index >= 15 is 0 Å². The number of hydrogen-bond acceptors (Lipinski definition) is 10. The summed E-state index contributed by atoms with van der Waals surface area (Å²) in [6.45, 7) is 12.9. The van der Waals surface area contributed by atoms with E-state index in [1.54, 1.807) is 20.8 Å². The van der Waals surface area contributed by atoms with Gasteiger partial charge in [0.05, 0.1) is 27.4 Å². The molecule has 0 heterocycles. The maximum absolute atomic E-state index is 12.0. The van der Waals surface area contributed by atoms with Gasteiger partial charge < -0.3 is 29.0 Å². The van der Waals surface area contributed by atoms with Gasteiger partial charge in [-0.3, -0.25) is 14.2 Å². The van der Waals surface area contributed by atoms with Crippen LogP contribution in [-0.4, -0.2) is 63.1 Å². The number of esters is 3. The van der Waals surface area contributed by atoms with Gasteiger partial charge in [-0.2, -0.15) is 0 Å². The van der Waals surface area contributed by atoms with Crippen LogP contribution in [0.2, 0.25) is 0 Å². The van der Waals surface area contributed by atoms with Crippen LogP contribution < -0.4 is 5.73 Å². The van der Waals surface area contributed by atoms with E-state index in [2.05, 4.69) is 9.47 Å². The second-order valence-electron chi connectivity index (χ2n) is 7.92. The number of carbonyl (C=O) groups is 3. The number of hydrogen-bond donors (Lipinski definition) is 1. The topological polar surface area (TPSA) is 140 Å². The Morgan fingerprint density at radius 3 is 1.82 bits per heavy atom. The Hall–Kier alpha value is -1.74. The molecule has 0 saturated carbocycles. The van der Waals surface area contributed by atoms with Gasteiger partial charge in [0.2, 0.25) is 0 Å². The van der Waals surface area contributed by atoms with Crippen LogP contribution in [-0.2, 0) is 42.2 Å². The van der Waals surface area contributed by atoms with Crippen LogP contribution in [0.25, 0.3) is 0 Å². The van der Waals surface area contributed by atoms with E-state index in [1.165, 1.54) is 21.1 Å². The second kappa shape index (κ2) is 16.8. The predicted molar refractivity (Wildman–Crippen MR) is 126 cm³/mol. The Balaban J connectivity index is 0. The van der Waals surface area contributed by atoms with Gasteiger partial charge in [0.1, 0.15) is 5.60 Å². The van der Waals surface area contributed by atoms with Crippen molar-refractivity contribution in [2.45, 2.75) is 79.0 Å². The standard InChI is InChI=1S/C14H25NO4.C8H17O5P/c1-10(13(17)18-5)11(8-9-15)6-7-12(16)19-14(2,3)4;1-5-12-14(10,13-6-2)7(3)8(9)11-4/h6-9,15H2,1-5H3;7H,5-6H2,1-4H3/b11-10+;. The summed E-state index contributed by atoms with van der Waals surface area (Å²) in [6.07, 6.45) is 1.28. The highest BCUT2D eigenvalue weighted by atomic mass is 31.2. The summed E-state index contributed by atoms with van der Waals surface area (Å²) >= 11 is 0. The first-order chi connectivity index (χ1) is 15.2. The summed E-state index contributed by atoms with van der Waals surface area (Å²) < 4.78 is 36.3. The monoisotopic (exact) mass is 495 g/mol. The van der Waals surface area contributed by atoms with Crippen LogP contribution in [0.3, 0.4) is 0 Å². The molecule has 10 nitrogen and oxygen atoms in total. The van der Waals surface area contributed by atoms with Crippen molar-refractivity contribution in [2.75, 3.05) is 34.0 Å². The summed E-state index contributed by atoms with van der Waals surface area (Å²) in [5.74, 6) is -1.25. The Kier molecular flexibility index (Phi) is 17.0. The lowest BCUT2D eigenvalue weighted by Crippen LogP contribution is -2.23. The zero-order valence-electron chi connectivity index (χ0n) is 21.5. The molecule has 11 heteroatoms. The van der Waals surface area contributed by atoms with E-state index < -0.39 is 24.8 Å². The lowest BCUT2D eigenvalue weighted by atomic mass is 10.0. The first-order valence-electron chi connectivity index (χ1n) is 10.9. The summed E-state index contributed by atoms with van der Waals surface area (Å²) in [4.78, 5) is 34.3. The van der Waals surface area contributed by atoms with Crippen LogP contribution in [0.1, 0.15) is 67.7 Å². The molecule has 0 aromatic heterocycles. The maximum atomic E-state index is 12.0. The lowest BCUT2D eigenvalue weighted by molar-refractivity contribution is -0.154. The van der Waals surface area contributed by atoms with E-state index in [0.29, 0.717) is 25.0 Å². The van der Waals surface area contributed by atoms with Gasteiger partial charge in [0.15, 0.2) is 5.66 Å². The summed E-state index contributed by atoms with van der Waals surface area (Å²) in [7, 11) is -0.787. The van der Waals surface area contributed by atoms with Gasteiger partial charge in [-0.05, 0) is 67.9 Å². The largest absolute Gasteiger partial charge is 0.468 e. The van der Waals surface area contributed by atoms with Crippen LogP contribution in [0.15, 0.2) is 11.1 Å². The smallest absolute Gasteiger partial charge is 0.344 e. The zero-order valence-corrected chi connectivity index (χ0v) is 22.4. The maximum Gasteiger partial charge on any atom is 0.344 e. The Morgan fingerprint density at radius 1 is 0.939 bits per heavy atom. The fraction of sp³-hybridized carbons (Fsp3) is 0.773. The van der Waals surface area contributed by atoms with Crippen molar-refractivity contribution in [1.29, 1.82) is 0 Å². The van der Waals surface area contributed by atoms with E-state index in [9.17, 15) is 18.9 Å². The van der Waals surface area contributed by atoms with Crippen molar-refractivity contribution in [3.63, 3.8) is 0 Å². The van der Waals surface area contributed by atoms with Crippen LogP contribution in [0.4, 0.5) is 0 Å². The van der Waals surface area contributed by atoms with Crippen molar-refractivity contribution < 1.29 is 42.2 Å². The first-order valence-corrected chi connectivity index (χ1v) is 12.5.